The summed E-state index contributed by atoms with van der Waals surface area (Å²) in [5.41, 5.74) is 6.74. The molecule has 0 atom stereocenters. The van der Waals surface area contributed by atoms with Crippen molar-refractivity contribution in [2.75, 3.05) is 0 Å². The topological polar surface area (TPSA) is 67.8 Å². The van der Waals surface area contributed by atoms with Gasteiger partial charge in [-0.3, -0.25) is 0 Å². The second kappa shape index (κ2) is 5.85. The third-order valence-corrected chi connectivity index (χ3v) is 4.22. The Morgan fingerprint density at radius 1 is 1.14 bits per heavy atom. The van der Waals surface area contributed by atoms with Crippen molar-refractivity contribution >= 4 is 27.3 Å². The zero-order valence-electron chi connectivity index (χ0n) is 11.2. The fourth-order valence-corrected chi connectivity index (χ4v) is 3.01. The van der Waals surface area contributed by atoms with Crippen molar-refractivity contribution in [2.24, 2.45) is 10.9 Å². The van der Waals surface area contributed by atoms with Crippen molar-refractivity contribution < 1.29 is 9.94 Å². The molecule has 0 saturated heterocycles. The Kier molecular flexibility index (Phi) is 3.75. The average molecular weight is 298 g/mol. The normalized spacial score (nSPS) is 11.7. The zero-order valence-corrected chi connectivity index (χ0v) is 12.0. The molecule has 0 spiro atoms. The smallest absolute Gasteiger partial charge is 0.180 e. The van der Waals surface area contributed by atoms with Gasteiger partial charge in [-0.25, -0.2) is 0 Å². The summed E-state index contributed by atoms with van der Waals surface area (Å²) in [6.07, 6.45) is 0. The number of nitrogens with two attached hydrogens (primary N) is 1. The summed E-state index contributed by atoms with van der Waals surface area (Å²) in [5, 5.41) is 12.8. The molecule has 4 nitrogen and oxygen atoms in total. The van der Waals surface area contributed by atoms with Crippen LogP contribution in [0, 0.1) is 0 Å². The Hall–Kier alpha value is -2.53. The van der Waals surface area contributed by atoms with E-state index in [0.717, 1.165) is 26.3 Å². The number of benzene rings is 2. The van der Waals surface area contributed by atoms with Gasteiger partial charge in [-0.15, -0.1) is 11.3 Å². The lowest BCUT2D eigenvalue weighted by Crippen LogP contribution is -2.10. The summed E-state index contributed by atoms with van der Waals surface area (Å²) in [7, 11) is 0. The van der Waals surface area contributed by atoms with E-state index in [-0.39, 0.29) is 5.84 Å². The van der Waals surface area contributed by atoms with Gasteiger partial charge in [0.25, 0.3) is 0 Å². The molecule has 0 aliphatic rings. The quantitative estimate of drug-likeness (QED) is 0.335. The summed E-state index contributed by atoms with van der Waals surface area (Å²) >= 11 is 1.47. The summed E-state index contributed by atoms with van der Waals surface area (Å²) in [6, 6.07) is 17.8. The van der Waals surface area contributed by atoms with Crippen molar-refractivity contribution in [1.82, 2.24) is 0 Å². The minimum absolute atomic E-state index is 0.128. The predicted molar refractivity (Wildman–Crippen MR) is 85.1 cm³/mol. The molecule has 21 heavy (non-hydrogen) atoms. The van der Waals surface area contributed by atoms with Crippen LogP contribution >= 0.6 is 11.3 Å². The second-order valence-electron chi connectivity index (χ2n) is 4.57. The molecule has 0 amide bonds. The van der Waals surface area contributed by atoms with Crippen LogP contribution in [-0.2, 0) is 6.61 Å². The monoisotopic (exact) mass is 298 g/mol. The van der Waals surface area contributed by atoms with Crippen LogP contribution in [0.4, 0.5) is 0 Å². The van der Waals surface area contributed by atoms with Gasteiger partial charge >= 0.3 is 0 Å². The SMILES string of the molecule is NC(=NO)c1cc2ccc(OCc3ccccc3)cc2s1. The first kappa shape index (κ1) is 13.5. The molecule has 3 aromatic rings. The zero-order chi connectivity index (χ0) is 14.7. The van der Waals surface area contributed by atoms with Crippen molar-refractivity contribution in [3.8, 4) is 5.75 Å². The minimum Gasteiger partial charge on any atom is -0.489 e. The van der Waals surface area contributed by atoms with Gasteiger partial charge in [0.15, 0.2) is 5.84 Å². The predicted octanol–water partition coefficient (Wildman–Crippen LogP) is 3.57. The molecule has 3 N–H and O–H groups in total. The summed E-state index contributed by atoms with van der Waals surface area (Å²) in [6.45, 7) is 0.533. The van der Waals surface area contributed by atoms with Gasteiger partial charge in [0.1, 0.15) is 12.4 Å². The molecule has 5 heteroatoms. The molecule has 0 fully saturated rings. The van der Waals surface area contributed by atoms with E-state index in [9.17, 15) is 0 Å². The average Bonchev–Trinajstić information content (AvgIpc) is 2.96. The Morgan fingerprint density at radius 2 is 1.95 bits per heavy atom. The molecule has 3 rings (SSSR count). The fraction of sp³-hybridized carbons (Fsp3) is 0.0625. The highest BCUT2D eigenvalue weighted by molar-refractivity contribution is 7.20. The van der Waals surface area contributed by atoms with Gasteiger partial charge < -0.3 is 15.7 Å². The first-order valence-electron chi connectivity index (χ1n) is 6.44. The standard InChI is InChI=1S/C16H14N2O2S/c17-16(18-19)15-8-12-6-7-13(9-14(12)21-15)20-10-11-4-2-1-3-5-11/h1-9,19H,10H2,(H2,17,18). The Labute approximate surface area is 126 Å². The highest BCUT2D eigenvalue weighted by Crippen LogP contribution is 2.29. The highest BCUT2D eigenvalue weighted by Gasteiger charge is 2.07. The Morgan fingerprint density at radius 3 is 2.71 bits per heavy atom. The van der Waals surface area contributed by atoms with Crippen LogP contribution in [0.2, 0.25) is 0 Å². The lowest BCUT2D eigenvalue weighted by Gasteiger charge is -2.06. The van der Waals surface area contributed by atoms with E-state index in [1.54, 1.807) is 0 Å². The Bertz CT molecular complexity index is 781. The number of thiophene rings is 1. The number of nitrogens with zero attached hydrogens (tertiary/aromatic N) is 1. The molecule has 1 aromatic heterocycles. The molecule has 1 heterocycles. The minimum atomic E-state index is 0.128. The lowest BCUT2D eigenvalue weighted by atomic mass is 10.2. The molecule has 0 radical (unpaired) electrons. The fourth-order valence-electron chi connectivity index (χ4n) is 2.02. The van der Waals surface area contributed by atoms with Gasteiger partial charge in [-0.05, 0) is 35.2 Å². The number of hydrogen-bond acceptors (Lipinski definition) is 4. The van der Waals surface area contributed by atoms with Crippen LogP contribution in [0.15, 0.2) is 59.8 Å². The number of rotatable bonds is 4. The molecule has 0 saturated carbocycles. The van der Waals surface area contributed by atoms with E-state index in [2.05, 4.69) is 5.16 Å². The number of hydrogen-bond donors (Lipinski definition) is 2. The van der Waals surface area contributed by atoms with Gasteiger partial charge in [-0.1, -0.05) is 35.5 Å². The number of oxime groups is 1. The highest BCUT2D eigenvalue weighted by atomic mass is 32.1. The maximum atomic E-state index is 8.72. The molecule has 0 aliphatic heterocycles. The summed E-state index contributed by atoms with van der Waals surface area (Å²) < 4.78 is 6.84. The molecule has 0 aliphatic carbocycles. The van der Waals surface area contributed by atoms with Gasteiger partial charge in [-0.2, -0.15) is 0 Å². The maximum Gasteiger partial charge on any atom is 0.180 e. The molecule has 106 valence electrons. The summed E-state index contributed by atoms with van der Waals surface area (Å²) in [5.74, 6) is 0.933. The van der Waals surface area contributed by atoms with Gasteiger partial charge in [0.2, 0.25) is 0 Å². The van der Waals surface area contributed by atoms with Crippen LogP contribution in [0.1, 0.15) is 10.4 Å². The van der Waals surface area contributed by atoms with Crippen LogP contribution in [0.3, 0.4) is 0 Å². The van der Waals surface area contributed by atoms with Crippen molar-refractivity contribution in [3.05, 3.63) is 65.0 Å². The van der Waals surface area contributed by atoms with Crippen molar-refractivity contribution in [1.29, 1.82) is 0 Å². The van der Waals surface area contributed by atoms with E-state index in [1.165, 1.54) is 11.3 Å². The first-order chi connectivity index (χ1) is 10.3. The summed E-state index contributed by atoms with van der Waals surface area (Å²) in [4.78, 5) is 0.743. The van der Waals surface area contributed by atoms with E-state index in [4.69, 9.17) is 15.7 Å². The molecule has 0 unspecified atom stereocenters. The van der Waals surface area contributed by atoms with E-state index >= 15 is 0 Å². The van der Waals surface area contributed by atoms with Gasteiger partial charge in [0, 0.05) is 4.70 Å². The maximum absolute atomic E-state index is 8.72. The van der Waals surface area contributed by atoms with Crippen LogP contribution in [0.5, 0.6) is 5.75 Å². The van der Waals surface area contributed by atoms with Crippen LogP contribution in [0.25, 0.3) is 10.1 Å². The van der Waals surface area contributed by atoms with Crippen molar-refractivity contribution in [3.63, 3.8) is 0 Å². The third-order valence-electron chi connectivity index (χ3n) is 3.10. The van der Waals surface area contributed by atoms with Crippen LogP contribution < -0.4 is 10.5 Å². The largest absolute Gasteiger partial charge is 0.489 e. The molecular weight excluding hydrogens is 284 g/mol. The van der Waals surface area contributed by atoms with Gasteiger partial charge in [0.05, 0.1) is 4.88 Å². The number of fused-ring (bicyclic) bond motifs is 1. The second-order valence-corrected chi connectivity index (χ2v) is 5.65. The third kappa shape index (κ3) is 2.98. The Balaban J connectivity index is 1.81. The molecular formula is C16H14N2O2S. The van der Waals surface area contributed by atoms with E-state index in [0.29, 0.717) is 6.61 Å². The molecule has 2 aromatic carbocycles. The first-order valence-corrected chi connectivity index (χ1v) is 7.26. The number of ether oxygens (including phenoxy) is 1. The number of amidine groups is 1. The van der Waals surface area contributed by atoms with E-state index in [1.807, 2.05) is 54.6 Å². The lowest BCUT2D eigenvalue weighted by molar-refractivity contribution is 0.306. The molecule has 0 bridgehead atoms. The van der Waals surface area contributed by atoms with E-state index < -0.39 is 0 Å². The van der Waals surface area contributed by atoms with Crippen LogP contribution in [-0.4, -0.2) is 11.0 Å². The van der Waals surface area contributed by atoms with Crippen molar-refractivity contribution in [2.45, 2.75) is 6.61 Å².